The van der Waals surface area contributed by atoms with Crippen LogP contribution in [0.5, 0.6) is 0 Å². The van der Waals surface area contributed by atoms with Crippen LogP contribution < -0.4 is 0 Å². The molecule has 0 radical (unpaired) electrons. The summed E-state index contributed by atoms with van der Waals surface area (Å²) < 4.78 is 0. The van der Waals surface area contributed by atoms with Gasteiger partial charge >= 0.3 is 0 Å². The molecule has 14 heavy (non-hydrogen) atoms. The van der Waals surface area contributed by atoms with Crippen LogP contribution in [-0.2, 0) is 0 Å². The average molecular weight is 194 g/mol. The van der Waals surface area contributed by atoms with Gasteiger partial charge in [-0.25, -0.2) is 0 Å². The quantitative estimate of drug-likeness (QED) is 0.414. The van der Waals surface area contributed by atoms with Gasteiger partial charge < -0.3 is 0 Å². The van der Waals surface area contributed by atoms with E-state index in [2.05, 4.69) is 26.0 Å². The number of hydrogen-bond acceptors (Lipinski definition) is 0. The number of rotatable bonds is 6. The molecule has 1 aliphatic carbocycles. The van der Waals surface area contributed by atoms with E-state index in [0.717, 1.165) is 11.8 Å². The van der Waals surface area contributed by atoms with E-state index >= 15 is 0 Å². The molecule has 0 N–H and O–H groups in total. The number of allylic oxidation sites excluding steroid dienone is 2. The van der Waals surface area contributed by atoms with Crippen LogP contribution in [0.3, 0.4) is 0 Å². The van der Waals surface area contributed by atoms with Crippen molar-refractivity contribution in [3.8, 4) is 0 Å². The highest BCUT2D eigenvalue weighted by molar-refractivity contribution is 4.92. The molecule has 0 heteroatoms. The van der Waals surface area contributed by atoms with Crippen LogP contribution in [0.1, 0.15) is 65.2 Å². The molecule has 1 aliphatic rings. The molecule has 0 spiro atoms. The molecule has 82 valence electrons. The van der Waals surface area contributed by atoms with Crippen molar-refractivity contribution in [2.75, 3.05) is 0 Å². The summed E-state index contributed by atoms with van der Waals surface area (Å²) in [4.78, 5) is 0. The first kappa shape index (κ1) is 11.8. The lowest BCUT2D eigenvalue weighted by molar-refractivity contribution is 0.584. The van der Waals surface area contributed by atoms with Crippen molar-refractivity contribution in [1.29, 1.82) is 0 Å². The summed E-state index contributed by atoms with van der Waals surface area (Å²) in [5, 5.41) is 0. The van der Waals surface area contributed by atoms with Gasteiger partial charge in [-0.2, -0.15) is 0 Å². The number of hydrogen-bond donors (Lipinski definition) is 0. The largest absolute Gasteiger partial charge is 0.0883 e. The van der Waals surface area contributed by atoms with Gasteiger partial charge in [-0.05, 0) is 37.5 Å². The zero-order valence-corrected chi connectivity index (χ0v) is 9.97. The molecular formula is C14H26. The molecule has 0 aliphatic heterocycles. The van der Waals surface area contributed by atoms with Crippen LogP contribution in [0.25, 0.3) is 0 Å². The highest BCUT2D eigenvalue weighted by Gasteiger charge is 2.18. The van der Waals surface area contributed by atoms with Crippen LogP contribution in [0.2, 0.25) is 0 Å². The van der Waals surface area contributed by atoms with E-state index in [1.54, 1.807) is 0 Å². The van der Waals surface area contributed by atoms with Gasteiger partial charge in [-0.1, -0.05) is 51.7 Å². The van der Waals surface area contributed by atoms with Crippen molar-refractivity contribution < 1.29 is 0 Å². The summed E-state index contributed by atoms with van der Waals surface area (Å²) in [5.74, 6) is 1.89. The Labute approximate surface area is 89.8 Å². The van der Waals surface area contributed by atoms with E-state index in [0.29, 0.717) is 0 Å². The lowest BCUT2D eigenvalue weighted by Crippen LogP contribution is -1.88. The van der Waals surface area contributed by atoms with E-state index < -0.39 is 0 Å². The van der Waals surface area contributed by atoms with Crippen LogP contribution >= 0.6 is 0 Å². The van der Waals surface area contributed by atoms with Crippen molar-refractivity contribution >= 4 is 0 Å². The van der Waals surface area contributed by atoms with Crippen molar-refractivity contribution in [2.45, 2.75) is 65.2 Å². The van der Waals surface area contributed by atoms with Gasteiger partial charge in [0, 0.05) is 0 Å². The maximum Gasteiger partial charge on any atom is -0.0231 e. The Morgan fingerprint density at radius 2 is 2.00 bits per heavy atom. The third-order valence-electron chi connectivity index (χ3n) is 3.37. The molecule has 1 saturated carbocycles. The Kier molecular flexibility index (Phi) is 5.98. The third-order valence-corrected chi connectivity index (χ3v) is 3.37. The molecule has 0 bridgehead atoms. The molecule has 1 rings (SSSR count). The predicted octanol–water partition coefficient (Wildman–Crippen LogP) is 4.95. The summed E-state index contributed by atoms with van der Waals surface area (Å²) in [6.07, 6.45) is 16.1. The second kappa shape index (κ2) is 7.09. The van der Waals surface area contributed by atoms with Crippen LogP contribution in [0.15, 0.2) is 12.2 Å². The van der Waals surface area contributed by atoms with Gasteiger partial charge in [0.15, 0.2) is 0 Å². The molecule has 0 aromatic rings. The van der Waals surface area contributed by atoms with Crippen LogP contribution in [0.4, 0.5) is 0 Å². The van der Waals surface area contributed by atoms with Gasteiger partial charge in [-0.3, -0.25) is 0 Å². The van der Waals surface area contributed by atoms with Crippen molar-refractivity contribution in [1.82, 2.24) is 0 Å². The fourth-order valence-corrected chi connectivity index (χ4v) is 2.40. The second-order valence-electron chi connectivity index (χ2n) is 4.96. The topological polar surface area (TPSA) is 0 Å². The first-order valence-corrected chi connectivity index (χ1v) is 6.49. The number of unbranched alkanes of at least 4 members (excludes halogenated alkanes) is 4. The highest BCUT2D eigenvalue weighted by Crippen LogP contribution is 2.31. The Balaban J connectivity index is 1.97. The van der Waals surface area contributed by atoms with E-state index in [1.165, 1.54) is 51.4 Å². The predicted molar refractivity (Wildman–Crippen MR) is 64.4 cm³/mol. The van der Waals surface area contributed by atoms with Gasteiger partial charge in [-0.15, -0.1) is 0 Å². The van der Waals surface area contributed by atoms with Gasteiger partial charge in [0.1, 0.15) is 0 Å². The monoisotopic (exact) mass is 194 g/mol. The Morgan fingerprint density at radius 3 is 2.64 bits per heavy atom. The lowest BCUT2D eigenvalue weighted by atomic mass is 10.0. The van der Waals surface area contributed by atoms with Gasteiger partial charge in [0.25, 0.3) is 0 Å². The van der Waals surface area contributed by atoms with Crippen molar-refractivity contribution in [3.05, 3.63) is 12.2 Å². The highest BCUT2D eigenvalue weighted by atomic mass is 14.2. The van der Waals surface area contributed by atoms with Crippen molar-refractivity contribution in [3.63, 3.8) is 0 Å². The van der Waals surface area contributed by atoms with Gasteiger partial charge in [0.05, 0.1) is 0 Å². The Morgan fingerprint density at radius 1 is 1.14 bits per heavy atom. The van der Waals surface area contributed by atoms with Crippen molar-refractivity contribution in [2.24, 2.45) is 11.8 Å². The minimum atomic E-state index is 0.913. The molecular weight excluding hydrogens is 168 g/mol. The summed E-state index contributed by atoms with van der Waals surface area (Å²) in [6, 6.07) is 0. The standard InChI is InChI=1S/C14H26/c1-3-4-5-6-7-8-9-14-11-10-13(2)12-14/h8-9,13-14H,3-7,10-12H2,1-2H3/b9-8+/t13?,14-/m0/s1. The third kappa shape index (κ3) is 4.83. The SMILES string of the molecule is CCCCCC/C=C/[C@H]1CCC(C)C1. The second-order valence-corrected chi connectivity index (χ2v) is 4.96. The minimum Gasteiger partial charge on any atom is -0.0883 e. The maximum atomic E-state index is 2.48. The fraction of sp³-hybridized carbons (Fsp3) is 0.857. The zero-order chi connectivity index (χ0) is 10.2. The summed E-state index contributed by atoms with van der Waals surface area (Å²) in [6.45, 7) is 4.66. The molecule has 0 nitrogen and oxygen atoms in total. The molecule has 2 atom stereocenters. The maximum absolute atomic E-state index is 2.48. The molecule has 1 unspecified atom stereocenters. The lowest BCUT2D eigenvalue weighted by Gasteiger charge is -2.01. The van der Waals surface area contributed by atoms with E-state index in [9.17, 15) is 0 Å². The Hall–Kier alpha value is -0.260. The molecule has 0 saturated heterocycles. The smallest absolute Gasteiger partial charge is 0.0231 e. The zero-order valence-electron chi connectivity index (χ0n) is 9.97. The average Bonchev–Trinajstić information content (AvgIpc) is 2.58. The summed E-state index contributed by atoms with van der Waals surface area (Å²) in [5.41, 5.74) is 0. The fourth-order valence-electron chi connectivity index (χ4n) is 2.40. The first-order valence-electron chi connectivity index (χ1n) is 6.49. The van der Waals surface area contributed by atoms with E-state index in [4.69, 9.17) is 0 Å². The minimum absolute atomic E-state index is 0.913. The molecule has 0 aromatic heterocycles. The first-order chi connectivity index (χ1) is 6.83. The van der Waals surface area contributed by atoms with Crippen LogP contribution in [0, 0.1) is 11.8 Å². The molecule has 0 aromatic carbocycles. The summed E-state index contributed by atoms with van der Waals surface area (Å²) >= 11 is 0. The molecule has 0 heterocycles. The van der Waals surface area contributed by atoms with Crippen LogP contribution in [-0.4, -0.2) is 0 Å². The Bertz CT molecular complexity index is 157. The van der Waals surface area contributed by atoms with E-state index in [1.807, 2.05) is 0 Å². The van der Waals surface area contributed by atoms with Gasteiger partial charge in [0.2, 0.25) is 0 Å². The molecule has 1 fully saturated rings. The normalized spacial score (nSPS) is 27.6. The van der Waals surface area contributed by atoms with E-state index in [-0.39, 0.29) is 0 Å². The molecule has 0 amide bonds. The summed E-state index contributed by atoms with van der Waals surface area (Å²) in [7, 11) is 0.